The first-order valence-corrected chi connectivity index (χ1v) is 6.75. The van der Waals surface area contributed by atoms with Gasteiger partial charge in [-0.25, -0.2) is 0 Å². The Morgan fingerprint density at radius 1 is 1.59 bits per heavy atom. The van der Waals surface area contributed by atoms with E-state index in [9.17, 15) is 0 Å². The number of nitrogens with one attached hydrogen (secondary N) is 2. The zero-order valence-electron chi connectivity index (χ0n) is 11.0. The molecule has 2 atom stereocenters. The molecule has 1 saturated heterocycles. The Kier molecular flexibility index (Phi) is 4.24. The van der Waals surface area contributed by atoms with E-state index in [4.69, 9.17) is 4.42 Å². The molecule has 0 amide bonds. The summed E-state index contributed by atoms with van der Waals surface area (Å²) < 4.78 is 5.37. The molecule has 0 bridgehead atoms. The molecule has 0 spiro atoms. The molecule has 2 unspecified atom stereocenters. The maximum Gasteiger partial charge on any atom is 0.105 e. The zero-order valence-corrected chi connectivity index (χ0v) is 11.0. The summed E-state index contributed by atoms with van der Waals surface area (Å²) in [6, 6.07) is 4.46. The Bertz CT molecular complexity index is 315. The highest BCUT2D eigenvalue weighted by molar-refractivity contribution is 5.01. The number of furan rings is 1. The first kappa shape index (κ1) is 12.7. The van der Waals surface area contributed by atoms with Gasteiger partial charge in [-0.1, -0.05) is 6.92 Å². The summed E-state index contributed by atoms with van der Waals surface area (Å²) in [5.41, 5.74) is 0.331. The molecule has 1 aliphatic heterocycles. The topological polar surface area (TPSA) is 37.2 Å². The quantitative estimate of drug-likeness (QED) is 0.796. The van der Waals surface area contributed by atoms with Crippen LogP contribution in [0.15, 0.2) is 22.8 Å². The Hall–Kier alpha value is -0.800. The summed E-state index contributed by atoms with van der Waals surface area (Å²) in [6.07, 6.45) is 6.51. The molecular weight excluding hydrogens is 212 g/mol. The van der Waals surface area contributed by atoms with E-state index >= 15 is 0 Å². The van der Waals surface area contributed by atoms with Crippen molar-refractivity contribution in [1.82, 2.24) is 10.6 Å². The smallest absolute Gasteiger partial charge is 0.105 e. The van der Waals surface area contributed by atoms with Crippen LogP contribution in [0.5, 0.6) is 0 Å². The lowest BCUT2D eigenvalue weighted by Crippen LogP contribution is -2.50. The van der Waals surface area contributed by atoms with Crippen molar-refractivity contribution < 1.29 is 4.42 Å². The van der Waals surface area contributed by atoms with Gasteiger partial charge in [0.25, 0.3) is 0 Å². The van der Waals surface area contributed by atoms with Gasteiger partial charge in [0.05, 0.1) is 6.26 Å². The Labute approximate surface area is 104 Å². The van der Waals surface area contributed by atoms with Crippen LogP contribution in [0.2, 0.25) is 0 Å². The predicted octanol–water partition coefficient (Wildman–Crippen LogP) is 2.33. The van der Waals surface area contributed by atoms with Crippen LogP contribution in [0.4, 0.5) is 0 Å². The highest BCUT2D eigenvalue weighted by atomic mass is 16.3. The molecular formula is C14H24N2O. The average Bonchev–Trinajstić information content (AvgIpc) is 2.98. The van der Waals surface area contributed by atoms with Gasteiger partial charge in [-0.15, -0.1) is 0 Å². The van der Waals surface area contributed by atoms with Crippen LogP contribution in [0, 0.1) is 0 Å². The van der Waals surface area contributed by atoms with E-state index in [0.29, 0.717) is 11.6 Å². The second-order valence-electron chi connectivity index (χ2n) is 5.23. The highest BCUT2D eigenvalue weighted by Crippen LogP contribution is 2.22. The molecule has 2 heterocycles. The SMILES string of the molecule is CCC1(CNC(C)Cc2ccco2)CCCN1. The monoisotopic (exact) mass is 236 g/mol. The number of hydrogen-bond acceptors (Lipinski definition) is 3. The molecule has 3 heteroatoms. The summed E-state index contributed by atoms with van der Waals surface area (Å²) in [6.45, 7) is 6.73. The first-order valence-electron chi connectivity index (χ1n) is 6.75. The van der Waals surface area contributed by atoms with E-state index in [-0.39, 0.29) is 0 Å². The van der Waals surface area contributed by atoms with E-state index in [2.05, 4.69) is 24.5 Å². The van der Waals surface area contributed by atoms with Crippen molar-refractivity contribution in [3.8, 4) is 0 Å². The van der Waals surface area contributed by atoms with E-state index in [1.165, 1.54) is 25.8 Å². The molecule has 1 aliphatic rings. The third-order valence-electron chi connectivity index (χ3n) is 3.89. The van der Waals surface area contributed by atoms with Gasteiger partial charge in [0, 0.05) is 24.5 Å². The Balaban J connectivity index is 1.77. The second-order valence-corrected chi connectivity index (χ2v) is 5.23. The van der Waals surface area contributed by atoms with Gasteiger partial charge < -0.3 is 15.1 Å². The van der Waals surface area contributed by atoms with Crippen molar-refractivity contribution in [2.24, 2.45) is 0 Å². The summed E-state index contributed by atoms with van der Waals surface area (Å²) in [7, 11) is 0. The van der Waals surface area contributed by atoms with Gasteiger partial charge in [0.1, 0.15) is 5.76 Å². The van der Waals surface area contributed by atoms with E-state index in [0.717, 1.165) is 18.7 Å². The number of hydrogen-bond donors (Lipinski definition) is 2. The van der Waals surface area contributed by atoms with Gasteiger partial charge in [-0.05, 0) is 44.9 Å². The number of rotatable bonds is 6. The summed E-state index contributed by atoms with van der Waals surface area (Å²) in [4.78, 5) is 0. The fourth-order valence-corrected chi connectivity index (χ4v) is 2.62. The van der Waals surface area contributed by atoms with Crippen LogP contribution in [0.25, 0.3) is 0 Å². The molecule has 1 aromatic heterocycles. The molecule has 0 saturated carbocycles. The molecule has 0 aliphatic carbocycles. The molecule has 2 rings (SSSR count). The van der Waals surface area contributed by atoms with Crippen LogP contribution < -0.4 is 10.6 Å². The van der Waals surface area contributed by atoms with Crippen LogP contribution in [0.1, 0.15) is 38.9 Å². The molecule has 96 valence electrons. The lowest BCUT2D eigenvalue weighted by Gasteiger charge is -2.30. The summed E-state index contributed by atoms with van der Waals surface area (Å²) >= 11 is 0. The molecule has 17 heavy (non-hydrogen) atoms. The zero-order chi connectivity index (χ0) is 12.1. The predicted molar refractivity (Wildman–Crippen MR) is 70.1 cm³/mol. The second kappa shape index (κ2) is 5.69. The molecule has 2 N–H and O–H groups in total. The van der Waals surface area contributed by atoms with Crippen LogP contribution in [-0.2, 0) is 6.42 Å². The van der Waals surface area contributed by atoms with Crippen LogP contribution in [-0.4, -0.2) is 24.7 Å². The van der Waals surface area contributed by atoms with Crippen molar-refractivity contribution in [3.63, 3.8) is 0 Å². The standard InChI is InChI=1S/C14H24N2O/c1-3-14(7-5-8-16-14)11-15-12(2)10-13-6-4-9-17-13/h4,6,9,12,15-16H,3,5,7-8,10-11H2,1-2H3. The van der Waals surface area contributed by atoms with E-state index in [1.54, 1.807) is 6.26 Å². The van der Waals surface area contributed by atoms with Gasteiger partial charge in [-0.2, -0.15) is 0 Å². The largest absolute Gasteiger partial charge is 0.469 e. The Morgan fingerprint density at radius 3 is 3.06 bits per heavy atom. The fourth-order valence-electron chi connectivity index (χ4n) is 2.62. The van der Waals surface area contributed by atoms with Gasteiger partial charge in [-0.3, -0.25) is 0 Å². The van der Waals surface area contributed by atoms with E-state index in [1.807, 2.05) is 12.1 Å². The minimum atomic E-state index is 0.331. The van der Waals surface area contributed by atoms with Crippen molar-refractivity contribution in [3.05, 3.63) is 24.2 Å². The summed E-state index contributed by atoms with van der Waals surface area (Å²) in [5.74, 6) is 1.06. The minimum absolute atomic E-state index is 0.331. The molecule has 3 nitrogen and oxygen atoms in total. The molecule has 1 fully saturated rings. The molecule has 0 radical (unpaired) electrons. The minimum Gasteiger partial charge on any atom is -0.469 e. The average molecular weight is 236 g/mol. The van der Waals surface area contributed by atoms with Crippen molar-refractivity contribution in [2.45, 2.75) is 51.1 Å². The normalized spacial score (nSPS) is 26.2. The molecule has 0 aromatic carbocycles. The maximum absolute atomic E-state index is 5.37. The fraction of sp³-hybridized carbons (Fsp3) is 0.714. The van der Waals surface area contributed by atoms with Crippen molar-refractivity contribution >= 4 is 0 Å². The first-order chi connectivity index (χ1) is 8.24. The maximum atomic E-state index is 5.37. The lowest BCUT2D eigenvalue weighted by molar-refractivity contribution is 0.321. The van der Waals surface area contributed by atoms with Gasteiger partial charge >= 0.3 is 0 Å². The van der Waals surface area contributed by atoms with Gasteiger partial charge in [0.15, 0.2) is 0 Å². The van der Waals surface area contributed by atoms with E-state index < -0.39 is 0 Å². The summed E-state index contributed by atoms with van der Waals surface area (Å²) in [5, 5.41) is 7.28. The Morgan fingerprint density at radius 2 is 2.47 bits per heavy atom. The van der Waals surface area contributed by atoms with Crippen LogP contribution >= 0.6 is 0 Å². The van der Waals surface area contributed by atoms with Crippen LogP contribution in [0.3, 0.4) is 0 Å². The van der Waals surface area contributed by atoms with Crippen molar-refractivity contribution in [1.29, 1.82) is 0 Å². The third-order valence-corrected chi connectivity index (χ3v) is 3.89. The van der Waals surface area contributed by atoms with Crippen molar-refractivity contribution in [2.75, 3.05) is 13.1 Å². The third kappa shape index (κ3) is 3.33. The molecule has 1 aromatic rings. The lowest BCUT2D eigenvalue weighted by atomic mass is 9.94. The highest BCUT2D eigenvalue weighted by Gasteiger charge is 2.31. The van der Waals surface area contributed by atoms with Gasteiger partial charge in [0.2, 0.25) is 0 Å².